The molecule has 1 N–H and O–H groups in total. The number of nitro benzene ring substituents is 1. The van der Waals surface area contributed by atoms with Gasteiger partial charge in [-0.1, -0.05) is 71.2 Å². The third-order valence-corrected chi connectivity index (χ3v) is 6.51. The van der Waals surface area contributed by atoms with E-state index in [4.69, 9.17) is 4.74 Å². The summed E-state index contributed by atoms with van der Waals surface area (Å²) in [6.45, 7) is 17.2. The molecule has 1 aromatic carbocycles. The van der Waals surface area contributed by atoms with Crippen LogP contribution in [0.25, 0.3) is 23.4 Å². The summed E-state index contributed by atoms with van der Waals surface area (Å²) < 4.78 is 7.50. The van der Waals surface area contributed by atoms with Gasteiger partial charge in [-0.15, -0.1) is 0 Å². The number of nitro groups is 1. The van der Waals surface area contributed by atoms with Crippen molar-refractivity contribution in [2.45, 2.75) is 40.5 Å². The van der Waals surface area contributed by atoms with Crippen LogP contribution in [0.15, 0.2) is 68.1 Å². The number of allylic oxidation sites excluding steroid dienone is 4. The Labute approximate surface area is 269 Å². The van der Waals surface area contributed by atoms with Crippen molar-refractivity contribution >= 4 is 35.2 Å². The predicted molar refractivity (Wildman–Crippen MR) is 192 cm³/mol. The number of hydrogen-bond acceptors (Lipinski definition) is 8. The monoisotopic (exact) mass is 617 g/mol. The highest BCUT2D eigenvalue weighted by Crippen LogP contribution is 2.39. The lowest BCUT2D eigenvalue weighted by atomic mass is 10.1. The first-order chi connectivity index (χ1) is 21.7. The van der Waals surface area contributed by atoms with E-state index in [9.17, 15) is 10.1 Å². The molecule has 0 saturated carbocycles. The van der Waals surface area contributed by atoms with Crippen molar-refractivity contribution < 1.29 is 9.66 Å². The number of ether oxygens (including phenoxy) is 1. The molecule has 4 rings (SSSR count). The Morgan fingerprint density at radius 1 is 1.07 bits per heavy atom. The number of anilines is 3. The number of nitrogens with one attached hydrogen (secondary N) is 1. The van der Waals surface area contributed by atoms with Crippen LogP contribution in [-0.2, 0) is 7.05 Å². The summed E-state index contributed by atoms with van der Waals surface area (Å²) in [6, 6.07) is 4.90. The number of rotatable bonds is 11. The van der Waals surface area contributed by atoms with Gasteiger partial charge in [-0.3, -0.25) is 10.1 Å². The Bertz CT molecular complexity index is 1430. The molecule has 10 heteroatoms. The third-order valence-electron chi connectivity index (χ3n) is 6.51. The Hall–Kier alpha value is -4.70. The van der Waals surface area contributed by atoms with E-state index >= 15 is 0 Å². The van der Waals surface area contributed by atoms with Crippen LogP contribution in [0.2, 0.25) is 0 Å². The molecule has 45 heavy (non-hydrogen) atoms. The van der Waals surface area contributed by atoms with Crippen LogP contribution in [0.3, 0.4) is 0 Å². The van der Waals surface area contributed by atoms with E-state index in [0.717, 1.165) is 23.4 Å². The largest absolute Gasteiger partial charge is 0.494 e. The Morgan fingerprint density at radius 3 is 2.20 bits per heavy atom. The van der Waals surface area contributed by atoms with Gasteiger partial charge in [-0.25, -0.2) is 9.97 Å². The van der Waals surface area contributed by atoms with Gasteiger partial charge in [0.05, 0.1) is 23.4 Å². The molecule has 1 aliphatic rings. The van der Waals surface area contributed by atoms with Crippen LogP contribution in [0.1, 0.15) is 51.8 Å². The van der Waals surface area contributed by atoms with E-state index in [1.165, 1.54) is 26.0 Å². The van der Waals surface area contributed by atoms with Crippen LogP contribution in [0.5, 0.6) is 5.75 Å². The van der Waals surface area contributed by atoms with Crippen molar-refractivity contribution in [3.05, 3.63) is 89.4 Å². The van der Waals surface area contributed by atoms with Crippen molar-refractivity contribution in [1.29, 1.82) is 0 Å². The smallest absolute Gasteiger partial charge is 0.294 e. The van der Waals surface area contributed by atoms with Crippen LogP contribution in [0, 0.1) is 10.1 Å². The fourth-order valence-electron chi connectivity index (χ4n) is 4.31. The van der Waals surface area contributed by atoms with Crippen molar-refractivity contribution in [3.63, 3.8) is 0 Å². The second kappa shape index (κ2) is 20.3. The Balaban J connectivity index is 0.000000878. The quantitative estimate of drug-likeness (QED) is 0.169. The van der Waals surface area contributed by atoms with Gasteiger partial charge in [0.15, 0.2) is 0 Å². The number of likely N-dealkylation sites (N-methyl/N-ethyl adjacent to an activating group) is 2. The van der Waals surface area contributed by atoms with Crippen LogP contribution in [0.4, 0.5) is 23.0 Å². The average Bonchev–Trinajstić information content (AvgIpc) is 3.41. The summed E-state index contributed by atoms with van der Waals surface area (Å²) in [5, 5.41) is 15.0. The zero-order chi connectivity index (χ0) is 33.9. The maximum absolute atomic E-state index is 11.9. The molecule has 3 aromatic rings. The molecule has 244 valence electrons. The summed E-state index contributed by atoms with van der Waals surface area (Å²) in [4.78, 5) is 24.3. The van der Waals surface area contributed by atoms with Gasteiger partial charge in [-0.05, 0) is 39.1 Å². The van der Waals surface area contributed by atoms with Crippen LogP contribution >= 0.6 is 0 Å². The lowest BCUT2D eigenvalue weighted by Gasteiger charge is -2.22. The number of hydrogen-bond donors (Lipinski definition) is 1. The lowest BCUT2D eigenvalue weighted by molar-refractivity contribution is -0.384. The van der Waals surface area contributed by atoms with Gasteiger partial charge in [0.25, 0.3) is 5.69 Å². The summed E-state index contributed by atoms with van der Waals surface area (Å²) in [5.41, 5.74) is 4.20. The van der Waals surface area contributed by atoms with E-state index in [1.54, 1.807) is 30.5 Å². The van der Waals surface area contributed by atoms with Gasteiger partial charge in [-0.2, -0.15) is 0 Å². The lowest BCUT2D eigenvalue weighted by Crippen LogP contribution is -2.28. The second-order valence-electron chi connectivity index (χ2n) is 9.71. The number of aryl methyl sites for hydroxylation is 1. The van der Waals surface area contributed by atoms with Gasteiger partial charge < -0.3 is 24.4 Å². The molecule has 0 radical (unpaired) electrons. The zero-order valence-corrected chi connectivity index (χ0v) is 28.5. The van der Waals surface area contributed by atoms with Crippen LogP contribution < -0.4 is 15.0 Å². The molecule has 1 aliphatic carbocycles. The van der Waals surface area contributed by atoms with Crippen molar-refractivity contribution in [2.75, 3.05) is 51.6 Å². The van der Waals surface area contributed by atoms with Gasteiger partial charge in [0.1, 0.15) is 11.4 Å². The molecule has 2 aromatic heterocycles. The molecule has 2 heterocycles. The summed E-state index contributed by atoms with van der Waals surface area (Å²) >= 11 is 0. The van der Waals surface area contributed by atoms with E-state index < -0.39 is 4.92 Å². The van der Waals surface area contributed by atoms with E-state index in [2.05, 4.69) is 52.7 Å². The van der Waals surface area contributed by atoms with E-state index in [1.807, 2.05) is 76.4 Å². The number of nitrogens with zero attached hydrogens (tertiary/aromatic N) is 6. The first kappa shape index (κ1) is 38.3. The molecule has 10 nitrogen and oxygen atoms in total. The highest BCUT2D eigenvalue weighted by molar-refractivity contribution is 5.80. The van der Waals surface area contributed by atoms with E-state index in [-0.39, 0.29) is 11.6 Å². The summed E-state index contributed by atoms with van der Waals surface area (Å²) in [6.07, 6.45) is 18.1. The fraction of sp³-hybridized carbons (Fsp3) is 0.371. The van der Waals surface area contributed by atoms with Crippen molar-refractivity contribution in [1.82, 2.24) is 19.4 Å². The Kier molecular flexibility index (Phi) is 17.3. The first-order valence-corrected chi connectivity index (χ1v) is 15.3. The average molecular weight is 618 g/mol. The van der Waals surface area contributed by atoms with Crippen LogP contribution in [-0.4, -0.2) is 65.7 Å². The van der Waals surface area contributed by atoms with Crippen molar-refractivity contribution in [2.24, 2.45) is 7.05 Å². The molecule has 0 amide bonds. The third kappa shape index (κ3) is 11.1. The molecule has 0 spiro atoms. The highest BCUT2D eigenvalue weighted by atomic mass is 16.6. The van der Waals surface area contributed by atoms with Gasteiger partial charge >= 0.3 is 0 Å². The molecule has 0 aliphatic heterocycles. The highest BCUT2D eigenvalue weighted by Gasteiger charge is 2.22. The molecule has 0 saturated heterocycles. The molecular weight excluding hydrogens is 566 g/mol. The van der Waals surface area contributed by atoms with Gasteiger partial charge in [0.2, 0.25) is 5.95 Å². The van der Waals surface area contributed by atoms with Crippen molar-refractivity contribution in [3.8, 4) is 17.0 Å². The number of benzene rings is 1. The molecule has 0 bridgehead atoms. The topological polar surface area (TPSA) is 102 Å². The predicted octanol–water partition coefficient (Wildman–Crippen LogP) is 8.37. The maximum Gasteiger partial charge on any atom is 0.294 e. The molecular formula is C35H51N7O3. The second-order valence-corrected chi connectivity index (χ2v) is 9.71. The van der Waals surface area contributed by atoms with E-state index in [0.29, 0.717) is 29.4 Å². The fourth-order valence-corrected chi connectivity index (χ4v) is 4.31. The summed E-state index contributed by atoms with van der Waals surface area (Å²) in [5.74, 6) is 0.722. The number of methoxy groups -OCH3 is 1. The zero-order valence-electron chi connectivity index (χ0n) is 28.5. The summed E-state index contributed by atoms with van der Waals surface area (Å²) in [7, 11) is 9.17. The molecule has 0 fully saturated rings. The maximum atomic E-state index is 11.9. The first-order valence-electron chi connectivity index (χ1n) is 15.3. The SMILES string of the molecule is C1=CCCC=C1.C=Cc1c(-c2ccnc(Nc3cc([N+](=O)[O-])c(N(C)CCN(C)C)cc3OC)n2)cn(C)c1C=C.CC.CC. The standard InChI is InChI=1S/C25H31N7O3.C6H8.2C2H6/c1-8-17-18(16-31(6)21(17)9-2)19-10-11-26-25(27-19)28-20-14-23(32(33)34)22(15-24(20)35-7)30(5)13-12-29(3)4;1-2-4-6-5-3-1;2*1-2/h8-11,14-16H,1-2,12-13H2,3-7H3,(H,26,27,28);1-4H,5-6H2;2*1-2H3. The number of aromatic nitrogens is 3. The minimum atomic E-state index is -0.402. The normalized spacial score (nSPS) is 11.2. The Morgan fingerprint density at radius 2 is 1.71 bits per heavy atom. The minimum absolute atomic E-state index is 0.0432. The molecule has 0 atom stereocenters. The molecule has 0 unspecified atom stereocenters. The minimum Gasteiger partial charge on any atom is -0.494 e. The van der Waals surface area contributed by atoms with Gasteiger partial charge in [0, 0.05) is 68.5 Å².